The van der Waals surface area contributed by atoms with Gasteiger partial charge >= 0.3 is 0 Å². The van der Waals surface area contributed by atoms with Crippen LogP contribution in [0.1, 0.15) is 66.7 Å². The molecule has 1 aromatic heterocycles. The van der Waals surface area contributed by atoms with Crippen molar-refractivity contribution in [3.8, 4) is 5.75 Å². The van der Waals surface area contributed by atoms with Crippen molar-refractivity contribution < 1.29 is 32.6 Å². The summed E-state index contributed by atoms with van der Waals surface area (Å²) in [5.74, 6) is -0.769. The molecule has 3 amide bonds. The van der Waals surface area contributed by atoms with Crippen LogP contribution in [0.25, 0.3) is 0 Å². The number of aromatic nitrogens is 3. The van der Waals surface area contributed by atoms with E-state index < -0.39 is 28.0 Å². The number of carbonyl (C=O) groups excluding carboxylic acids is 3. The summed E-state index contributed by atoms with van der Waals surface area (Å²) in [5.41, 5.74) is 0.797. The Bertz CT molecular complexity index is 1740. The molecule has 3 N–H and O–H groups in total. The molecule has 0 spiro atoms. The van der Waals surface area contributed by atoms with Gasteiger partial charge in [0, 0.05) is 32.6 Å². The Balaban J connectivity index is 1.49. The first kappa shape index (κ1) is 36.0. The predicted octanol–water partition coefficient (Wildman–Crippen LogP) is 2.18. The van der Waals surface area contributed by atoms with Gasteiger partial charge in [0.15, 0.2) is 0 Å². The second-order valence-corrected chi connectivity index (χ2v) is 14.5. The van der Waals surface area contributed by atoms with E-state index in [1.165, 1.54) is 27.4 Å². The fraction of sp³-hybridized carbons (Fsp3) is 0.500. The number of phenols is 1. The molecule has 0 radical (unpaired) electrons. The van der Waals surface area contributed by atoms with Gasteiger partial charge in [-0.3, -0.25) is 14.4 Å². The van der Waals surface area contributed by atoms with Gasteiger partial charge in [-0.05, 0) is 49.4 Å². The van der Waals surface area contributed by atoms with Crippen LogP contribution in [0.4, 0.5) is 0 Å². The summed E-state index contributed by atoms with van der Waals surface area (Å²) in [6.45, 7) is 6.94. The molecule has 0 unspecified atom stereocenters. The van der Waals surface area contributed by atoms with E-state index in [9.17, 15) is 27.9 Å². The summed E-state index contributed by atoms with van der Waals surface area (Å²) in [4.78, 5) is 47.1. The van der Waals surface area contributed by atoms with Gasteiger partial charge in [0.05, 0.1) is 36.3 Å². The van der Waals surface area contributed by atoms with E-state index in [-0.39, 0.29) is 92.7 Å². The molecule has 1 fully saturated rings. The molecular formula is C34H45N7O7S. The molecule has 3 aromatic rings. The normalized spacial score (nSPS) is 20.8. The van der Waals surface area contributed by atoms with Crippen molar-refractivity contribution in [2.45, 2.75) is 70.0 Å². The fourth-order valence-corrected chi connectivity index (χ4v) is 7.51. The number of rotatable bonds is 7. The summed E-state index contributed by atoms with van der Waals surface area (Å²) < 4.78 is 35.0. The molecule has 15 heteroatoms. The first-order chi connectivity index (χ1) is 23.5. The van der Waals surface area contributed by atoms with Crippen molar-refractivity contribution in [1.29, 1.82) is 0 Å². The third-order valence-corrected chi connectivity index (χ3v) is 10.9. The standard InChI is InChI=1S/C34H45N7O7S/c1-4-23(2)31-33(44)36-28(21-25-9-6-5-7-10-25)32-35-24(3)38-41(32)16-15-39(14-8-11-30(43)37-31)34(45)27-22-26(12-13-29(27)42)49(46,47)40-17-19-48-20-18-40/h5-7,9-10,12-13,22-23,28,31,42H,4,8,11,14-21H2,1-3H3,(H,36,44)(H,37,43)/t23-,28-,31-/m0/s1. The molecule has 2 aliphatic heterocycles. The zero-order valence-corrected chi connectivity index (χ0v) is 29.0. The van der Waals surface area contributed by atoms with Crippen molar-refractivity contribution in [1.82, 2.24) is 34.6 Å². The molecule has 14 nitrogen and oxygen atoms in total. The van der Waals surface area contributed by atoms with Crippen LogP contribution in [-0.2, 0) is 37.3 Å². The highest BCUT2D eigenvalue weighted by molar-refractivity contribution is 7.89. The first-order valence-corrected chi connectivity index (χ1v) is 18.2. The van der Waals surface area contributed by atoms with Crippen molar-refractivity contribution in [2.24, 2.45) is 5.92 Å². The SMILES string of the molecule is CC[C@H](C)[C@@H]1NC(=O)CCCN(C(=O)c2cc(S(=O)(=O)N3CCOCC3)ccc2O)CCn2nc(C)nc2[C@H](Cc2ccccc2)NC1=O. The second kappa shape index (κ2) is 15.9. The fourth-order valence-electron chi connectivity index (χ4n) is 6.07. The number of morpholine rings is 1. The van der Waals surface area contributed by atoms with Crippen LogP contribution in [0, 0.1) is 12.8 Å². The molecule has 0 saturated carbocycles. The average molecular weight is 696 g/mol. The molecule has 49 heavy (non-hydrogen) atoms. The third kappa shape index (κ3) is 8.64. The number of aromatic hydroxyl groups is 1. The number of benzene rings is 2. The van der Waals surface area contributed by atoms with E-state index >= 15 is 0 Å². The van der Waals surface area contributed by atoms with E-state index in [4.69, 9.17) is 4.74 Å². The lowest BCUT2D eigenvalue weighted by atomic mass is 9.97. The molecule has 3 atom stereocenters. The van der Waals surface area contributed by atoms with Gasteiger partial charge in [0.2, 0.25) is 21.8 Å². The van der Waals surface area contributed by atoms with Crippen LogP contribution in [-0.4, -0.2) is 101 Å². The molecule has 264 valence electrons. The number of phenolic OH excluding ortho intramolecular Hbond substituents is 1. The molecule has 1 saturated heterocycles. The van der Waals surface area contributed by atoms with E-state index in [1.54, 1.807) is 11.6 Å². The quantitative estimate of drug-likeness (QED) is 0.335. The van der Waals surface area contributed by atoms with Gasteiger partial charge in [-0.2, -0.15) is 9.40 Å². The lowest BCUT2D eigenvalue weighted by Crippen LogP contribution is -2.51. The van der Waals surface area contributed by atoms with Gasteiger partial charge in [-0.25, -0.2) is 18.1 Å². The molecule has 5 rings (SSSR count). The number of hydrogen-bond donors (Lipinski definition) is 3. The van der Waals surface area contributed by atoms with Gasteiger partial charge in [-0.1, -0.05) is 50.6 Å². The van der Waals surface area contributed by atoms with Crippen LogP contribution in [0.3, 0.4) is 0 Å². The summed E-state index contributed by atoms with van der Waals surface area (Å²) in [5, 5.41) is 21.4. The van der Waals surface area contributed by atoms with Crippen LogP contribution in [0.2, 0.25) is 0 Å². The van der Waals surface area contributed by atoms with E-state index in [0.29, 0.717) is 24.5 Å². The van der Waals surface area contributed by atoms with Crippen molar-refractivity contribution >= 4 is 27.7 Å². The number of fused-ring (bicyclic) bond motifs is 1. The van der Waals surface area contributed by atoms with Gasteiger partial charge < -0.3 is 25.4 Å². The lowest BCUT2D eigenvalue weighted by molar-refractivity contribution is -0.130. The van der Waals surface area contributed by atoms with Gasteiger partial charge in [-0.15, -0.1) is 0 Å². The summed E-state index contributed by atoms with van der Waals surface area (Å²) in [6, 6.07) is 12.0. The van der Waals surface area contributed by atoms with Crippen molar-refractivity contribution in [3.63, 3.8) is 0 Å². The van der Waals surface area contributed by atoms with Crippen LogP contribution in [0.15, 0.2) is 53.4 Å². The number of amides is 3. The summed E-state index contributed by atoms with van der Waals surface area (Å²) >= 11 is 0. The Hall–Kier alpha value is -4.34. The molecular weight excluding hydrogens is 650 g/mol. The minimum Gasteiger partial charge on any atom is -0.507 e. The highest BCUT2D eigenvalue weighted by atomic mass is 32.2. The van der Waals surface area contributed by atoms with Crippen LogP contribution in [0.5, 0.6) is 5.75 Å². The van der Waals surface area contributed by atoms with Crippen molar-refractivity contribution in [2.75, 3.05) is 39.4 Å². The van der Waals surface area contributed by atoms with E-state index in [2.05, 4.69) is 20.7 Å². The summed E-state index contributed by atoms with van der Waals surface area (Å²) in [7, 11) is -3.94. The monoisotopic (exact) mass is 695 g/mol. The maximum atomic E-state index is 14.1. The van der Waals surface area contributed by atoms with Crippen LogP contribution >= 0.6 is 0 Å². The first-order valence-electron chi connectivity index (χ1n) is 16.7. The zero-order valence-electron chi connectivity index (χ0n) is 28.2. The molecule has 3 heterocycles. The minimum absolute atomic E-state index is 0.0442. The Morgan fingerprint density at radius 1 is 1.04 bits per heavy atom. The second-order valence-electron chi connectivity index (χ2n) is 12.5. The highest BCUT2D eigenvalue weighted by Crippen LogP contribution is 2.26. The predicted molar refractivity (Wildman–Crippen MR) is 180 cm³/mol. The number of nitrogens with one attached hydrogen (secondary N) is 2. The molecule has 0 bridgehead atoms. The minimum atomic E-state index is -3.94. The summed E-state index contributed by atoms with van der Waals surface area (Å²) in [6.07, 6.45) is 1.37. The number of aryl methyl sites for hydroxylation is 1. The number of carbonyl (C=O) groups is 3. The topological polar surface area (TPSA) is 176 Å². The number of ether oxygens (including phenoxy) is 1. The smallest absolute Gasteiger partial charge is 0.257 e. The van der Waals surface area contributed by atoms with Crippen LogP contribution < -0.4 is 10.6 Å². The molecule has 0 aliphatic carbocycles. The number of sulfonamides is 1. The Labute approximate surface area is 286 Å². The molecule has 2 aromatic carbocycles. The Kier molecular flexibility index (Phi) is 11.7. The number of nitrogens with zero attached hydrogens (tertiary/aromatic N) is 5. The van der Waals surface area contributed by atoms with E-state index in [0.717, 1.165) is 5.56 Å². The Morgan fingerprint density at radius 2 is 1.78 bits per heavy atom. The third-order valence-electron chi connectivity index (χ3n) is 9.04. The molecule has 2 aliphatic rings. The van der Waals surface area contributed by atoms with Crippen molar-refractivity contribution in [3.05, 3.63) is 71.3 Å². The largest absolute Gasteiger partial charge is 0.507 e. The average Bonchev–Trinajstić information content (AvgIpc) is 3.48. The van der Waals surface area contributed by atoms with E-state index in [1.807, 2.05) is 44.2 Å². The maximum absolute atomic E-state index is 14.1. The van der Waals surface area contributed by atoms with Gasteiger partial charge in [0.25, 0.3) is 5.91 Å². The Morgan fingerprint density at radius 3 is 2.49 bits per heavy atom. The zero-order chi connectivity index (χ0) is 35.1. The maximum Gasteiger partial charge on any atom is 0.257 e. The lowest BCUT2D eigenvalue weighted by Gasteiger charge is -2.29. The highest BCUT2D eigenvalue weighted by Gasteiger charge is 2.32. The number of hydrogen-bond acceptors (Lipinski definition) is 9. The van der Waals surface area contributed by atoms with Gasteiger partial charge in [0.1, 0.15) is 23.4 Å².